The number of rotatable bonds is 9. The number of esters is 1. The van der Waals surface area contributed by atoms with E-state index in [-0.39, 0.29) is 19.0 Å². The van der Waals surface area contributed by atoms with Crippen LogP contribution in [0.1, 0.15) is 17.5 Å². The van der Waals surface area contributed by atoms with E-state index in [9.17, 15) is 4.79 Å². The molecule has 24 heavy (non-hydrogen) atoms. The van der Waals surface area contributed by atoms with Gasteiger partial charge in [-0.05, 0) is 23.8 Å². The molecule has 0 saturated heterocycles. The van der Waals surface area contributed by atoms with Crippen LogP contribution < -0.4 is 9.47 Å². The third-order valence-electron chi connectivity index (χ3n) is 3.44. The SMILES string of the molecule is COc1ccc(OC)c(COC(=O)CCOCc2ccccc2)c1. The second kappa shape index (κ2) is 9.57. The first kappa shape index (κ1) is 17.8. The highest BCUT2D eigenvalue weighted by molar-refractivity contribution is 5.69. The number of hydrogen-bond acceptors (Lipinski definition) is 5. The summed E-state index contributed by atoms with van der Waals surface area (Å²) in [6, 6.07) is 15.2. The second-order valence-electron chi connectivity index (χ2n) is 5.13. The average Bonchev–Trinajstić information content (AvgIpc) is 2.64. The first-order valence-electron chi connectivity index (χ1n) is 7.71. The van der Waals surface area contributed by atoms with E-state index in [1.54, 1.807) is 32.4 Å². The number of carbonyl (C=O) groups excluding carboxylic acids is 1. The standard InChI is InChI=1S/C19H22O5/c1-21-17-8-9-18(22-2)16(12-17)14-24-19(20)10-11-23-13-15-6-4-3-5-7-15/h3-9,12H,10-11,13-14H2,1-2H3. The largest absolute Gasteiger partial charge is 0.497 e. The van der Waals surface area contributed by atoms with Crippen molar-refractivity contribution in [3.63, 3.8) is 0 Å². The van der Waals surface area contributed by atoms with Gasteiger partial charge in [-0.15, -0.1) is 0 Å². The van der Waals surface area contributed by atoms with Crippen molar-refractivity contribution in [2.45, 2.75) is 19.6 Å². The first-order valence-corrected chi connectivity index (χ1v) is 7.71. The normalized spacial score (nSPS) is 10.2. The first-order chi connectivity index (χ1) is 11.7. The molecule has 2 aromatic carbocycles. The van der Waals surface area contributed by atoms with Gasteiger partial charge in [-0.3, -0.25) is 4.79 Å². The van der Waals surface area contributed by atoms with Crippen LogP contribution in [0.5, 0.6) is 11.5 Å². The zero-order valence-corrected chi connectivity index (χ0v) is 14.0. The Bertz CT molecular complexity index is 639. The predicted octanol–water partition coefficient (Wildman–Crippen LogP) is 3.35. The molecule has 0 aliphatic rings. The minimum Gasteiger partial charge on any atom is -0.497 e. The number of benzene rings is 2. The highest BCUT2D eigenvalue weighted by atomic mass is 16.5. The molecule has 0 spiro atoms. The molecule has 2 rings (SSSR count). The van der Waals surface area contributed by atoms with E-state index in [1.165, 1.54) is 0 Å². The lowest BCUT2D eigenvalue weighted by atomic mass is 10.2. The highest BCUT2D eigenvalue weighted by Crippen LogP contribution is 2.24. The van der Waals surface area contributed by atoms with Gasteiger partial charge >= 0.3 is 5.97 Å². The molecule has 5 heteroatoms. The summed E-state index contributed by atoms with van der Waals surface area (Å²) >= 11 is 0. The molecule has 2 aromatic rings. The molecule has 0 bridgehead atoms. The van der Waals surface area contributed by atoms with Gasteiger partial charge in [0.25, 0.3) is 0 Å². The Hall–Kier alpha value is -2.53. The average molecular weight is 330 g/mol. The zero-order valence-electron chi connectivity index (χ0n) is 14.0. The molecule has 128 valence electrons. The van der Waals surface area contributed by atoms with E-state index >= 15 is 0 Å². The topological polar surface area (TPSA) is 54.0 Å². The quantitative estimate of drug-likeness (QED) is 0.521. The van der Waals surface area contributed by atoms with Crippen LogP contribution >= 0.6 is 0 Å². The Balaban J connectivity index is 1.73. The molecular formula is C19H22O5. The smallest absolute Gasteiger partial charge is 0.308 e. The van der Waals surface area contributed by atoms with E-state index in [0.717, 1.165) is 11.1 Å². The lowest BCUT2D eigenvalue weighted by Gasteiger charge is -2.11. The minimum absolute atomic E-state index is 0.137. The molecule has 0 heterocycles. The lowest BCUT2D eigenvalue weighted by molar-refractivity contribution is -0.146. The van der Waals surface area contributed by atoms with Crippen molar-refractivity contribution in [2.75, 3.05) is 20.8 Å². The Labute approximate surface area is 142 Å². The maximum absolute atomic E-state index is 11.8. The minimum atomic E-state index is -0.312. The summed E-state index contributed by atoms with van der Waals surface area (Å²) in [7, 11) is 3.16. The summed E-state index contributed by atoms with van der Waals surface area (Å²) in [6.45, 7) is 0.943. The van der Waals surface area contributed by atoms with E-state index < -0.39 is 0 Å². The van der Waals surface area contributed by atoms with Gasteiger partial charge < -0.3 is 18.9 Å². The Morgan fingerprint density at radius 2 is 1.75 bits per heavy atom. The molecular weight excluding hydrogens is 308 g/mol. The van der Waals surface area contributed by atoms with Crippen molar-refractivity contribution >= 4 is 5.97 Å². The molecule has 0 atom stereocenters. The van der Waals surface area contributed by atoms with Gasteiger partial charge in [0.1, 0.15) is 18.1 Å². The Morgan fingerprint density at radius 1 is 0.958 bits per heavy atom. The monoisotopic (exact) mass is 330 g/mol. The molecule has 0 radical (unpaired) electrons. The van der Waals surface area contributed by atoms with Crippen LogP contribution in [0, 0.1) is 0 Å². The summed E-state index contributed by atoms with van der Waals surface area (Å²) < 4.78 is 21.2. The molecule has 0 aliphatic carbocycles. The summed E-state index contributed by atoms with van der Waals surface area (Å²) in [5, 5.41) is 0. The fourth-order valence-electron chi connectivity index (χ4n) is 2.14. The van der Waals surface area contributed by atoms with Crippen LogP contribution in [0.2, 0.25) is 0 Å². The summed E-state index contributed by atoms with van der Waals surface area (Å²) in [5.41, 5.74) is 1.84. The number of methoxy groups -OCH3 is 2. The van der Waals surface area contributed by atoms with Gasteiger partial charge in [0.2, 0.25) is 0 Å². The molecule has 0 fully saturated rings. The lowest BCUT2D eigenvalue weighted by Crippen LogP contribution is -2.09. The maximum atomic E-state index is 11.8. The fraction of sp³-hybridized carbons (Fsp3) is 0.316. The van der Waals surface area contributed by atoms with Crippen molar-refractivity contribution < 1.29 is 23.7 Å². The molecule has 0 aliphatic heterocycles. The van der Waals surface area contributed by atoms with Crippen molar-refractivity contribution in [1.82, 2.24) is 0 Å². The Kier molecular flexibility index (Phi) is 7.11. The van der Waals surface area contributed by atoms with Gasteiger partial charge in [-0.1, -0.05) is 30.3 Å². The summed E-state index contributed by atoms with van der Waals surface area (Å²) in [6.07, 6.45) is 0.207. The van der Waals surface area contributed by atoms with Crippen molar-refractivity contribution in [1.29, 1.82) is 0 Å². The second-order valence-corrected chi connectivity index (χ2v) is 5.13. The van der Waals surface area contributed by atoms with E-state index in [4.69, 9.17) is 18.9 Å². The molecule has 0 unspecified atom stereocenters. The zero-order chi connectivity index (χ0) is 17.2. The Morgan fingerprint density at radius 3 is 2.46 bits per heavy atom. The molecule has 5 nitrogen and oxygen atoms in total. The molecule has 0 N–H and O–H groups in total. The third-order valence-corrected chi connectivity index (χ3v) is 3.44. The number of ether oxygens (including phenoxy) is 4. The molecule has 0 saturated carbocycles. The van der Waals surface area contributed by atoms with Gasteiger partial charge in [0.05, 0.1) is 33.9 Å². The van der Waals surface area contributed by atoms with Gasteiger partial charge in [0, 0.05) is 5.56 Å². The van der Waals surface area contributed by atoms with E-state index in [0.29, 0.717) is 24.7 Å². The van der Waals surface area contributed by atoms with Crippen LogP contribution in [0.25, 0.3) is 0 Å². The highest BCUT2D eigenvalue weighted by Gasteiger charge is 2.09. The number of hydrogen-bond donors (Lipinski definition) is 0. The molecule has 0 aromatic heterocycles. The van der Waals surface area contributed by atoms with Gasteiger partial charge in [-0.25, -0.2) is 0 Å². The van der Waals surface area contributed by atoms with Crippen molar-refractivity contribution in [3.8, 4) is 11.5 Å². The van der Waals surface area contributed by atoms with Crippen LogP contribution in [0.15, 0.2) is 48.5 Å². The summed E-state index contributed by atoms with van der Waals surface area (Å²) in [5.74, 6) is 1.03. The maximum Gasteiger partial charge on any atom is 0.308 e. The van der Waals surface area contributed by atoms with Gasteiger partial charge in [-0.2, -0.15) is 0 Å². The predicted molar refractivity (Wildman–Crippen MR) is 90.1 cm³/mol. The van der Waals surface area contributed by atoms with Gasteiger partial charge in [0.15, 0.2) is 0 Å². The number of carbonyl (C=O) groups is 1. The van der Waals surface area contributed by atoms with Crippen LogP contribution in [-0.4, -0.2) is 26.8 Å². The fourth-order valence-corrected chi connectivity index (χ4v) is 2.14. The van der Waals surface area contributed by atoms with Crippen molar-refractivity contribution in [2.24, 2.45) is 0 Å². The van der Waals surface area contributed by atoms with E-state index in [1.807, 2.05) is 30.3 Å². The molecule has 0 amide bonds. The summed E-state index contributed by atoms with van der Waals surface area (Å²) in [4.78, 5) is 11.8. The van der Waals surface area contributed by atoms with Crippen molar-refractivity contribution in [3.05, 3.63) is 59.7 Å². The van der Waals surface area contributed by atoms with Crippen LogP contribution in [0.4, 0.5) is 0 Å². The van der Waals surface area contributed by atoms with E-state index in [2.05, 4.69) is 0 Å². The van der Waals surface area contributed by atoms with Crippen LogP contribution in [-0.2, 0) is 27.5 Å². The van der Waals surface area contributed by atoms with Crippen LogP contribution in [0.3, 0.4) is 0 Å². The third kappa shape index (κ3) is 5.59.